The van der Waals surface area contributed by atoms with Gasteiger partial charge < -0.3 is 9.73 Å². The van der Waals surface area contributed by atoms with Crippen LogP contribution in [0.2, 0.25) is 0 Å². The van der Waals surface area contributed by atoms with Gasteiger partial charge in [0.25, 0.3) is 5.91 Å². The van der Waals surface area contributed by atoms with E-state index in [-0.39, 0.29) is 17.8 Å². The Balaban J connectivity index is 1.68. The monoisotopic (exact) mass is 316 g/mol. The molecule has 0 aliphatic carbocycles. The molecule has 1 aliphatic rings. The minimum atomic E-state index is -0.345. The van der Waals surface area contributed by atoms with Crippen molar-refractivity contribution in [2.45, 2.75) is 25.8 Å². The number of nitrogens with zero attached hydrogens (tertiary/aromatic N) is 1. The van der Waals surface area contributed by atoms with Gasteiger partial charge in [0.05, 0.1) is 6.04 Å². The number of amides is 1. The lowest BCUT2D eigenvalue weighted by Crippen LogP contribution is -2.36. The van der Waals surface area contributed by atoms with Crippen molar-refractivity contribution < 1.29 is 13.6 Å². The third kappa shape index (κ3) is 3.79. The summed E-state index contributed by atoms with van der Waals surface area (Å²) in [6, 6.07) is 9.53. The molecule has 2 aromatic rings. The van der Waals surface area contributed by atoms with Crippen LogP contribution in [0, 0.1) is 12.7 Å². The third-order valence-electron chi connectivity index (χ3n) is 4.23. The number of carbonyl (C=O) groups is 1. The summed E-state index contributed by atoms with van der Waals surface area (Å²) in [7, 11) is 0. The molecule has 1 N–H and O–H groups in total. The highest BCUT2D eigenvalue weighted by Gasteiger charge is 2.26. The fraction of sp³-hybridized carbons (Fsp3) is 0.389. The second kappa shape index (κ2) is 6.96. The number of benzene rings is 1. The Morgan fingerprint density at radius 3 is 2.52 bits per heavy atom. The van der Waals surface area contributed by atoms with Crippen molar-refractivity contribution in [2.24, 2.45) is 0 Å². The maximum atomic E-state index is 12.9. The minimum Gasteiger partial charge on any atom is -0.465 e. The summed E-state index contributed by atoms with van der Waals surface area (Å²) in [5, 5.41) is 2.94. The van der Waals surface area contributed by atoms with Crippen molar-refractivity contribution in [3.63, 3.8) is 0 Å². The average molecular weight is 316 g/mol. The molecule has 0 bridgehead atoms. The van der Waals surface area contributed by atoms with Gasteiger partial charge in [0, 0.05) is 12.1 Å². The number of nitrogens with one attached hydrogen (secondary N) is 1. The highest BCUT2D eigenvalue weighted by molar-refractivity contribution is 5.94. The van der Waals surface area contributed by atoms with Crippen LogP contribution in [0.1, 0.15) is 40.8 Å². The molecule has 1 aliphatic heterocycles. The zero-order valence-corrected chi connectivity index (χ0v) is 13.2. The molecule has 1 fully saturated rings. The molecule has 0 radical (unpaired) electrons. The first kappa shape index (κ1) is 15.7. The van der Waals surface area contributed by atoms with E-state index in [4.69, 9.17) is 4.42 Å². The molecule has 23 heavy (non-hydrogen) atoms. The largest absolute Gasteiger partial charge is 0.465 e. The first-order valence-electron chi connectivity index (χ1n) is 7.97. The summed E-state index contributed by atoms with van der Waals surface area (Å²) in [5.41, 5.74) is 0.460. The molecular weight excluding hydrogens is 295 g/mol. The second-order valence-electron chi connectivity index (χ2n) is 5.92. The van der Waals surface area contributed by atoms with Crippen LogP contribution in [-0.2, 0) is 0 Å². The SMILES string of the molecule is Cc1ccc(C(CNC(=O)c2ccc(F)cc2)N2CCCC2)o1. The lowest BCUT2D eigenvalue weighted by Gasteiger charge is -2.26. The number of halogens is 1. The smallest absolute Gasteiger partial charge is 0.251 e. The Hall–Kier alpha value is -2.14. The van der Waals surface area contributed by atoms with Gasteiger partial charge in [-0.05, 0) is 69.3 Å². The highest BCUT2D eigenvalue weighted by Crippen LogP contribution is 2.26. The quantitative estimate of drug-likeness (QED) is 0.920. The van der Waals surface area contributed by atoms with Gasteiger partial charge in [-0.15, -0.1) is 0 Å². The fourth-order valence-corrected chi connectivity index (χ4v) is 2.99. The van der Waals surface area contributed by atoms with Gasteiger partial charge in [-0.25, -0.2) is 4.39 Å². The predicted molar refractivity (Wildman–Crippen MR) is 85.7 cm³/mol. The topological polar surface area (TPSA) is 45.5 Å². The first-order chi connectivity index (χ1) is 11.1. The molecule has 0 spiro atoms. The van der Waals surface area contributed by atoms with E-state index >= 15 is 0 Å². The van der Waals surface area contributed by atoms with Crippen molar-refractivity contribution in [3.05, 3.63) is 59.3 Å². The molecule has 1 unspecified atom stereocenters. The summed E-state index contributed by atoms with van der Waals surface area (Å²) in [6.45, 7) is 4.42. The molecule has 1 saturated heterocycles. The molecule has 1 aromatic carbocycles. The molecule has 1 atom stereocenters. The molecule has 1 amide bonds. The van der Waals surface area contributed by atoms with Gasteiger partial charge in [0.15, 0.2) is 0 Å². The normalized spacial score (nSPS) is 16.4. The van der Waals surface area contributed by atoms with Gasteiger partial charge in [-0.3, -0.25) is 9.69 Å². The molecule has 1 aromatic heterocycles. The van der Waals surface area contributed by atoms with Crippen LogP contribution in [0.25, 0.3) is 0 Å². The van der Waals surface area contributed by atoms with Crippen LogP contribution in [0.3, 0.4) is 0 Å². The number of hydrogen-bond donors (Lipinski definition) is 1. The van der Waals surface area contributed by atoms with Crippen LogP contribution in [-0.4, -0.2) is 30.4 Å². The number of hydrogen-bond acceptors (Lipinski definition) is 3. The number of rotatable bonds is 5. The number of carbonyl (C=O) groups excluding carboxylic acids is 1. The van der Waals surface area contributed by atoms with Gasteiger partial charge in [-0.1, -0.05) is 0 Å². The zero-order valence-electron chi connectivity index (χ0n) is 13.2. The first-order valence-corrected chi connectivity index (χ1v) is 7.97. The molecular formula is C18H21FN2O2. The maximum absolute atomic E-state index is 12.9. The van der Waals surface area contributed by atoms with Crippen molar-refractivity contribution in [1.29, 1.82) is 0 Å². The predicted octanol–water partition coefficient (Wildman–Crippen LogP) is 3.29. The number of furan rings is 1. The molecule has 2 heterocycles. The molecule has 122 valence electrons. The van der Waals surface area contributed by atoms with Crippen LogP contribution in [0.5, 0.6) is 0 Å². The van der Waals surface area contributed by atoms with Gasteiger partial charge >= 0.3 is 0 Å². The summed E-state index contributed by atoms with van der Waals surface area (Å²) < 4.78 is 18.7. The zero-order chi connectivity index (χ0) is 16.2. The Labute approximate surface area is 135 Å². The Morgan fingerprint density at radius 2 is 1.91 bits per heavy atom. The van der Waals surface area contributed by atoms with Crippen LogP contribution in [0.4, 0.5) is 4.39 Å². The van der Waals surface area contributed by atoms with E-state index in [1.54, 1.807) is 0 Å². The summed E-state index contributed by atoms with van der Waals surface area (Å²) in [4.78, 5) is 14.6. The average Bonchev–Trinajstić information content (AvgIpc) is 3.20. The Kier molecular flexibility index (Phi) is 4.76. The minimum absolute atomic E-state index is 0.0376. The van der Waals surface area contributed by atoms with Crippen molar-refractivity contribution in [3.8, 4) is 0 Å². The van der Waals surface area contributed by atoms with E-state index in [9.17, 15) is 9.18 Å². The fourth-order valence-electron chi connectivity index (χ4n) is 2.99. The van der Waals surface area contributed by atoms with E-state index in [1.165, 1.54) is 37.1 Å². The standard InChI is InChI=1S/C18H21FN2O2/c1-13-4-9-17(23-13)16(21-10-2-3-11-21)12-20-18(22)14-5-7-15(19)8-6-14/h4-9,16H,2-3,10-12H2,1H3,(H,20,22). The molecule has 4 nitrogen and oxygen atoms in total. The molecule has 5 heteroatoms. The molecule has 0 saturated carbocycles. The summed E-state index contributed by atoms with van der Waals surface area (Å²) in [6.07, 6.45) is 2.34. The van der Waals surface area contributed by atoms with Gasteiger partial charge in [0.1, 0.15) is 17.3 Å². The van der Waals surface area contributed by atoms with Gasteiger partial charge in [-0.2, -0.15) is 0 Å². The van der Waals surface area contributed by atoms with Crippen LogP contribution >= 0.6 is 0 Å². The summed E-state index contributed by atoms with van der Waals surface area (Å²) >= 11 is 0. The Morgan fingerprint density at radius 1 is 1.22 bits per heavy atom. The third-order valence-corrected chi connectivity index (χ3v) is 4.23. The van der Waals surface area contributed by atoms with Gasteiger partial charge in [0.2, 0.25) is 0 Å². The molecule has 3 rings (SSSR count). The van der Waals surface area contributed by atoms with E-state index < -0.39 is 0 Å². The lowest BCUT2D eigenvalue weighted by molar-refractivity contribution is 0.0933. The van der Waals surface area contributed by atoms with Crippen molar-refractivity contribution >= 4 is 5.91 Å². The van der Waals surface area contributed by atoms with Crippen LogP contribution in [0.15, 0.2) is 40.8 Å². The van der Waals surface area contributed by atoms with E-state index in [0.717, 1.165) is 24.6 Å². The summed E-state index contributed by atoms with van der Waals surface area (Å²) in [5.74, 6) is 1.21. The Bertz CT molecular complexity index is 660. The lowest BCUT2D eigenvalue weighted by atomic mass is 10.1. The second-order valence-corrected chi connectivity index (χ2v) is 5.92. The highest BCUT2D eigenvalue weighted by atomic mass is 19.1. The maximum Gasteiger partial charge on any atom is 0.251 e. The van der Waals surface area contributed by atoms with E-state index in [1.807, 2.05) is 19.1 Å². The van der Waals surface area contributed by atoms with E-state index in [2.05, 4.69) is 10.2 Å². The van der Waals surface area contributed by atoms with E-state index in [0.29, 0.717) is 12.1 Å². The number of aryl methyl sites for hydroxylation is 1. The van der Waals surface area contributed by atoms with Crippen LogP contribution < -0.4 is 5.32 Å². The number of likely N-dealkylation sites (tertiary alicyclic amines) is 1. The van der Waals surface area contributed by atoms with Crippen molar-refractivity contribution in [2.75, 3.05) is 19.6 Å². The van der Waals surface area contributed by atoms with Crippen molar-refractivity contribution in [1.82, 2.24) is 10.2 Å².